The van der Waals surface area contributed by atoms with Crippen LogP contribution in [0.2, 0.25) is 0 Å². The van der Waals surface area contributed by atoms with Crippen LogP contribution in [0, 0.1) is 4.77 Å². The number of hydrogen-bond donors (Lipinski definition) is 3. The van der Waals surface area contributed by atoms with Gasteiger partial charge in [0.05, 0.1) is 12.1 Å². The summed E-state index contributed by atoms with van der Waals surface area (Å²) < 4.78 is 13.3. The largest absolute Gasteiger partial charge is 0.444 e. The zero-order valence-electron chi connectivity index (χ0n) is 14.5. The molecule has 0 saturated heterocycles. The molecule has 25 heavy (non-hydrogen) atoms. The summed E-state index contributed by atoms with van der Waals surface area (Å²) in [5.41, 5.74) is -0.260. The second kappa shape index (κ2) is 6.30. The van der Waals surface area contributed by atoms with Crippen molar-refractivity contribution in [3.8, 4) is 0 Å². The van der Waals surface area contributed by atoms with E-state index in [0.29, 0.717) is 23.4 Å². The fourth-order valence-electron chi connectivity index (χ4n) is 2.57. The molecule has 3 rings (SSSR count). The van der Waals surface area contributed by atoms with E-state index >= 15 is 0 Å². The van der Waals surface area contributed by atoms with Crippen LogP contribution >= 0.6 is 12.2 Å². The van der Waals surface area contributed by atoms with Gasteiger partial charge in [0.1, 0.15) is 16.8 Å². The molecular weight excluding hydrogens is 344 g/mol. The zero-order chi connectivity index (χ0) is 18.2. The summed E-state index contributed by atoms with van der Waals surface area (Å²) in [6.07, 6.45) is 2.68. The monoisotopic (exact) mass is 366 g/mol. The lowest BCUT2D eigenvalue weighted by Crippen LogP contribution is -2.42. The van der Waals surface area contributed by atoms with Crippen molar-refractivity contribution in [2.45, 2.75) is 51.5 Å². The van der Waals surface area contributed by atoms with Crippen molar-refractivity contribution in [2.24, 2.45) is 0 Å². The van der Waals surface area contributed by atoms with Crippen LogP contribution in [-0.4, -0.2) is 38.6 Å². The Hall–Kier alpha value is -2.13. The minimum absolute atomic E-state index is 0.243. The maximum absolute atomic E-state index is 11.9. The maximum Gasteiger partial charge on any atom is 0.409 e. The molecule has 0 aliphatic heterocycles. The number of amides is 1. The predicted molar refractivity (Wildman–Crippen MR) is 95.0 cm³/mol. The topological polar surface area (TPSA) is 101 Å². The lowest BCUT2D eigenvalue weighted by molar-refractivity contribution is -0.0110. The molecule has 2 aromatic heterocycles. The molecule has 0 atom stereocenters. The van der Waals surface area contributed by atoms with Crippen molar-refractivity contribution >= 4 is 29.3 Å². The van der Waals surface area contributed by atoms with E-state index in [-0.39, 0.29) is 5.56 Å². The third-order valence-electron chi connectivity index (χ3n) is 3.83. The van der Waals surface area contributed by atoms with Gasteiger partial charge in [-0.1, -0.05) is 0 Å². The number of ether oxygens (including phenoxy) is 2. The lowest BCUT2D eigenvalue weighted by Gasteiger charge is -2.23. The molecule has 0 unspecified atom stereocenters. The van der Waals surface area contributed by atoms with Gasteiger partial charge in [-0.25, -0.2) is 4.79 Å². The Morgan fingerprint density at radius 1 is 1.44 bits per heavy atom. The summed E-state index contributed by atoms with van der Waals surface area (Å²) in [7, 11) is 0. The van der Waals surface area contributed by atoms with Gasteiger partial charge in [0.15, 0.2) is 4.77 Å². The van der Waals surface area contributed by atoms with Crippen LogP contribution in [0.15, 0.2) is 17.1 Å². The van der Waals surface area contributed by atoms with Gasteiger partial charge in [-0.3, -0.25) is 15.1 Å². The quantitative estimate of drug-likeness (QED) is 0.557. The maximum atomic E-state index is 11.9. The number of carbonyl (C=O) groups is 1. The lowest BCUT2D eigenvalue weighted by atomic mass is 10.2. The number of carbonyl (C=O) groups excluding carboxylic acids is 1. The highest BCUT2D eigenvalue weighted by Gasteiger charge is 2.46. The molecule has 9 heteroatoms. The van der Waals surface area contributed by atoms with Crippen LogP contribution in [0.4, 0.5) is 4.79 Å². The normalized spacial score (nSPS) is 16.0. The molecule has 8 nitrogen and oxygen atoms in total. The van der Waals surface area contributed by atoms with Crippen LogP contribution in [0.25, 0.3) is 11.0 Å². The van der Waals surface area contributed by atoms with Crippen LogP contribution in [0.5, 0.6) is 0 Å². The summed E-state index contributed by atoms with van der Waals surface area (Å²) >= 11 is 5.23. The summed E-state index contributed by atoms with van der Waals surface area (Å²) in [5.74, 6) is 0. The molecule has 136 valence electrons. The van der Waals surface area contributed by atoms with Crippen LogP contribution in [-0.2, 0) is 16.0 Å². The molecule has 1 saturated carbocycles. The van der Waals surface area contributed by atoms with Crippen molar-refractivity contribution in [1.82, 2.24) is 19.9 Å². The van der Waals surface area contributed by atoms with Crippen molar-refractivity contribution in [1.29, 1.82) is 0 Å². The van der Waals surface area contributed by atoms with E-state index in [1.807, 2.05) is 20.8 Å². The number of nitrogens with one attached hydrogen (secondary N) is 3. The van der Waals surface area contributed by atoms with Gasteiger partial charge in [0, 0.05) is 12.7 Å². The van der Waals surface area contributed by atoms with Crippen molar-refractivity contribution in [3.05, 3.63) is 27.4 Å². The standard InChI is InChI=1S/C16H22N4O4S/c1-15(2,3)24-14(22)19-16(5-6-16)23-9-8-20-10-4-7-17-11(10)12(21)18-13(20)25/h4,7,17H,5-6,8-9H2,1-3H3,(H,19,22)(H,18,21,25). The Balaban J connectivity index is 1.62. The molecule has 0 aromatic carbocycles. The average molecular weight is 366 g/mol. The van der Waals surface area contributed by atoms with Crippen molar-refractivity contribution in [2.75, 3.05) is 6.61 Å². The fraction of sp³-hybridized carbons (Fsp3) is 0.562. The van der Waals surface area contributed by atoms with Gasteiger partial charge in [-0.2, -0.15) is 0 Å². The number of nitrogens with zero attached hydrogens (tertiary/aromatic N) is 1. The zero-order valence-corrected chi connectivity index (χ0v) is 15.3. The molecule has 2 aromatic rings. The van der Waals surface area contributed by atoms with E-state index in [2.05, 4.69) is 15.3 Å². The first-order valence-corrected chi connectivity index (χ1v) is 8.55. The number of rotatable bonds is 5. The van der Waals surface area contributed by atoms with E-state index < -0.39 is 17.4 Å². The van der Waals surface area contributed by atoms with E-state index in [1.54, 1.807) is 16.8 Å². The number of hydrogen-bond acceptors (Lipinski definition) is 5. The second-order valence-electron chi connectivity index (χ2n) is 7.12. The molecule has 1 amide bonds. The van der Waals surface area contributed by atoms with E-state index in [1.165, 1.54) is 0 Å². The fourth-order valence-corrected chi connectivity index (χ4v) is 2.85. The number of H-pyrrole nitrogens is 2. The Morgan fingerprint density at radius 2 is 2.16 bits per heavy atom. The van der Waals surface area contributed by atoms with Gasteiger partial charge in [-0.05, 0) is 51.9 Å². The third-order valence-corrected chi connectivity index (χ3v) is 4.16. The first-order valence-electron chi connectivity index (χ1n) is 8.14. The molecule has 1 aliphatic rings. The van der Waals surface area contributed by atoms with E-state index in [0.717, 1.165) is 18.4 Å². The highest BCUT2D eigenvalue weighted by Crippen LogP contribution is 2.36. The van der Waals surface area contributed by atoms with Crippen molar-refractivity contribution < 1.29 is 14.3 Å². The van der Waals surface area contributed by atoms with Gasteiger partial charge in [0.25, 0.3) is 5.56 Å². The molecule has 1 aliphatic carbocycles. The summed E-state index contributed by atoms with van der Waals surface area (Å²) in [6, 6.07) is 1.80. The predicted octanol–water partition coefficient (Wildman–Crippen LogP) is 2.42. The first-order chi connectivity index (χ1) is 11.7. The summed E-state index contributed by atoms with van der Waals surface area (Å²) in [5, 5.41) is 2.78. The number of aromatic nitrogens is 3. The minimum Gasteiger partial charge on any atom is -0.444 e. The van der Waals surface area contributed by atoms with Crippen LogP contribution < -0.4 is 10.9 Å². The van der Waals surface area contributed by atoms with Gasteiger partial charge in [0.2, 0.25) is 0 Å². The second-order valence-corrected chi connectivity index (χ2v) is 7.51. The molecule has 1 fully saturated rings. The van der Waals surface area contributed by atoms with E-state index in [9.17, 15) is 9.59 Å². The minimum atomic E-state index is -0.663. The molecule has 0 radical (unpaired) electrons. The summed E-state index contributed by atoms with van der Waals surface area (Å²) in [6.45, 7) is 6.24. The van der Waals surface area contributed by atoms with E-state index in [4.69, 9.17) is 21.7 Å². The third kappa shape index (κ3) is 4.10. The van der Waals surface area contributed by atoms with Crippen LogP contribution in [0.3, 0.4) is 0 Å². The molecule has 2 heterocycles. The Kier molecular flexibility index (Phi) is 4.46. The number of alkyl carbamates (subject to hydrolysis) is 1. The first kappa shape index (κ1) is 17.7. The molecular formula is C16H22N4O4S. The number of aromatic amines is 2. The van der Waals surface area contributed by atoms with Crippen LogP contribution in [0.1, 0.15) is 33.6 Å². The molecule has 0 spiro atoms. The van der Waals surface area contributed by atoms with Gasteiger partial charge >= 0.3 is 6.09 Å². The Morgan fingerprint density at radius 3 is 2.80 bits per heavy atom. The molecule has 0 bridgehead atoms. The van der Waals surface area contributed by atoms with Gasteiger partial charge < -0.3 is 19.0 Å². The number of fused-ring (bicyclic) bond motifs is 1. The Labute approximate surface area is 149 Å². The average Bonchev–Trinajstić information content (AvgIpc) is 3.04. The Bertz CT molecular complexity index is 901. The highest BCUT2D eigenvalue weighted by molar-refractivity contribution is 7.71. The SMILES string of the molecule is CC(C)(C)OC(=O)NC1(OCCn2c(=S)[nH]c(=O)c3[nH]ccc32)CC1. The molecule has 3 N–H and O–H groups in total. The van der Waals surface area contributed by atoms with Crippen molar-refractivity contribution in [3.63, 3.8) is 0 Å². The van der Waals surface area contributed by atoms with Gasteiger partial charge in [-0.15, -0.1) is 0 Å². The summed E-state index contributed by atoms with van der Waals surface area (Å²) in [4.78, 5) is 29.3. The smallest absolute Gasteiger partial charge is 0.409 e. The highest BCUT2D eigenvalue weighted by atomic mass is 32.1.